The van der Waals surface area contributed by atoms with E-state index < -0.39 is 5.60 Å². The summed E-state index contributed by atoms with van der Waals surface area (Å²) in [7, 11) is 0. The Balaban J connectivity index is 1.52. The van der Waals surface area contributed by atoms with Crippen LogP contribution < -0.4 is 0 Å². The predicted octanol–water partition coefficient (Wildman–Crippen LogP) is 2.66. The Bertz CT molecular complexity index is 276. The summed E-state index contributed by atoms with van der Waals surface area (Å²) >= 11 is 0. The maximum atomic E-state index is 10.1. The molecule has 4 unspecified atom stereocenters. The van der Waals surface area contributed by atoms with Crippen LogP contribution in [0, 0.1) is 17.8 Å². The van der Waals surface area contributed by atoms with Crippen LogP contribution in [0.2, 0.25) is 0 Å². The Kier molecular flexibility index (Phi) is 3.20. The van der Waals surface area contributed by atoms with Gasteiger partial charge in [0.25, 0.3) is 0 Å². The molecule has 2 saturated carbocycles. The molecular formula is C15H27NO. The van der Waals surface area contributed by atoms with Gasteiger partial charge in [0.15, 0.2) is 0 Å². The van der Waals surface area contributed by atoms with E-state index in [0.717, 1.165) is 37.1 Å². The van der Waals surface area contributed by atoms with E-state index in [-0.39, 0.29) is 0 Å². The molecule has 1 heterocycles. The standard InChI is InChI=1S/C15H27NO/c1-15(17)5-2-7-16(8-6-15)11-14-10-12-3-4-13(14)9-12/h12-14,17H,2-11H2,1H3. The zero-order valence-electron chi connectivity index (χ0n) is 11.2. The van der Waals surface area contributed by atoms with Gasteiger partial charge in [0, 0.05) is 13.1 Å². The molecule has 98 valence electrons. The summed E-state index contributed by atoms with van der Waals surface area (Å²) in [4.78, 5) is 2.63. The lowest BCUT2D eigenvalue weighted by atomic mass is 9.88. The van der Waals surface area contributed by atoms with E-state index in [4.69, 9.17) is 0 Å². The van der Waals surface area contributed by atoms with Crippen LogP contribution in [-0.2, 0) is 0 Å². The third-order valence-corrected chi connectivity index (χ3v) is 5.53. The molecule has 1 saturated heterocycles. The lowest BCUT2D eigenvalue weighted by Gasteiger charge is -2.29. The zero-order chi connectivity index (χ0) is 11.9. The van der Waals surface area contributed by atoms with E-state index in [1.165, 1.54) is 45.2 Å². The first-order valence-corrected chi connectivity index (χ1v) is 7.57. The Morgan fingerprint density at radius 1 is 1.18 bits per heavy atom. The highest BCUT2D eigenvalue weighted by Crippen LogP contribution is 2.48. The monoisotopic (exact) mass is 237 g/mol. The molecule has 3 fully saturated rings. The van der Waals surface area contributed by atoms with Gasteiger partial charge in [-0.1, -0.05) is 6.42 Å². The van der Waals surface area contributed by atoms with Gasteiger partial charge in [0.1, 0.15) is 0 Å². The number of fused-ring (bicyclic) bond motifs is 2. The summed E-state index contributed by atoms with van der Waals surface area (Å²) in [5.74, 6) is 3.10. The molecule has 2 heteroatoms. The van der Waals surface area contributed by atoms with Crippen LogP contribution in [0.15, 0.2) is 0 Å². The van der Waals surface area contributed by atoms with Crippen LogP contribution in [-0.4, -0.2) is 35.2 Å². The molecule has 2 aliphatic carbocycles. The predicted molar refractivity (Wildman–Crippen MR) is 69.9 cm³/mol. The molecule has 0 aromatic carbocycles. The quantitative estimate of drug-likeness (QED) is 0.798. The lowest BCUT2D eigenvalue weighted by Crippen LogP contribution is -2.34. The summed E-state index contributed by atoms with van der Waals surface area (Å²) < 4.78 is 0. The lowest BCUT2D eigenvalue weighted by molar-refractivity contribution is 0.0437. The molecule has 3 aliphatic rings. The SMILES string of the molecule is CC1(O)CCCN(CC2CC3CCC2C3)CC1. The van der Waals surface area contributed by atoms with Gasteiger partial charge in [-0.3, -0.25) is 0 Å². The fourth-order valence-electron chi connectivity index (χ4n) is 4.43. The number of aliphatic hydroxyl groups is 1. The fraction of sp³-hybridized carbons (Fsp3) is 1.00. The third-order valence-electron chi connectivity index (χ3n) is 5.53. The van der Waals surface area contributed by atoms with Crippen molar-refractivity contribution in [1.82, 2.24) is 4.90 Å². The van der Waals surface area contributed by atoms with Gasteiger partial charge >= 0.3 is 0 Å². The van der Waals surface area contributed by atoms with Crippen LogP contribution in [0.4, 0.5) is 0 Å². The first-order chi connectivity index (χ1) is 8.12. The summed E-state index contributed by atoms with van der Waals surface area (Å²) in [6.45, 7) is 5.65. The van der Waals surface area contributed by atoms with Gasteiger partial charge in [0.2, 0.25) is 0 Å². The third kappa shape index (κ3) is 2.68. The molecule has 17 heavy (non-hydrogen) atoms. The molecule has 1 N–H and O–H groups in total. The van der Waals surface area contributed by atoms with E-state index in [1.807, 2.05) is 6.92 Å². The number of hydrogen-bond acceptors (Lipinski definition) is 2. The van der Waals surface area contributed by atoms with Crippen molar-refractivity contribution in [3.05, 3.63) is 0 Å². The molecule has 2 nitrogen and oxygen atoms in total. The smallest absolute Gasteiger partial charge is 0.0632 e. The second-order valence-electron chi connectivity index (χ2n) is 7.09. The van der Waals surface area contributed by atoms with E-state index >= 15 is 0 Å². The van der Waals surface area contributed by atoms with Crippen LogP contribution in [0.25, 0.3) is 0 Å². The van der Waals surface area contributed by atoms with Crippen LogP contribution in [0.1, 0.15) is 51.9 Å². The zero-order valence-corrected chi connectivity index (χ0v) is 11.2. The summed E-state index contributed by atoms with van der Waals surface area (Å²) in [5, 5.41) is 10.1. The number of hydrogen-bond donors (Lipinski definition) is 1. The maximum Gasteiger partial charge on any atom is 0.0632 e. The van der Waals surface area contributed by atoms with Gasteiger partial charge in [-0.05, 0) is 69.7 Å². The Morgan fingerprint density at radius 2 is 2.06 bits per heavy atom. The van der Waals surface area contributed by atoms with Gasteiger partial charge in [-0.15, -0.1) is 0 Å². The van der Waals surface area contributed by atoms with Crippen molar-refractivity contribution in [1.29, 1.82) is 0 Å². The van der Waals surface area contributed by atoms with Crippen molar-refractivity contribution < 1.29 is 5.11 Å². The van der Waals surface area contributed by atoms with Gasteiger partial charge in [0.05, 0.1) is 5.60 Å². The summed E-state index contributed by atoms with van der Waals surface area (Å²) in [6.07, 6.45) is 9.16. The number of likely N-dealkylation sites (tertiary alicyclic amines) is 1. The maximum absolute atomic E-state index is 10.1. The van der Waals surface area contributed by atoms with Crippen molar-refractivity contribution in [2.75, 3.05) is 19.6 Å². The average molecular weight is 237 g/mol. The molecule has 3 rings (SSSR count). The first kappa shape index (κ1) is 12.0. The van der Waals surface area contributed by atoms with Gasteiger partial charge in [-0.25, -0.2) is 0 Å². The van der Waals surface area contributed by atoms with Crippen molar-refractivity contribution in [3.8, 4) is 0 Å². The molecular weight excluding hydrogens is 210 g/mol. The molecule has 2 bridgehead atoms. The number of rotatable bonds is 2. The molecule has 0 aromatic heterocycles. The molecule has 1 aliphatic heterocycles. The second kappa shape index (κ2) is 4.55. The van der Waals surface area contributed by atoms with Gasteiger partial charge in [-0.2, -0.15) is 0 Å². The highest BCUT2D eigenvalue weighted by molar-refractivity contribution is 4.92. The summed E-state index contributed by atoms with van der Waals surface area (Å²) in [5.41, 5.74) is -0.399. The fourth-order valence-corrected chi connectivity index (χ4v) is 4.43. The Morgan fingerprint density at radius 3 is 2.76 bits per heavy atom. The average Bonchev–Trinajstić information content (AvgIpc) is 2.83. The Hall–Kier alpha value is -0.0800. The highest BCUT2D eigenvalue weighted by atomic mass is 16.3. The van der Waals surface area contributed by atoms with E-state index in [2.05, 4.69) is 4.90 Å². The van der Waals surface area contributed by atoms with Crippen molar-refractivity contribution >= 4 is 0 Å². The molecule has 0 radical (unpaired) electrons. The molecule has 0 aromatic rings. The van der Waals surface area contributed by atoms with E-state index in [1.54, 1.807) is 0 Å². The van der Waals surface area contributed by atoms with Gasteiger partial charge < -0.3 is 10.0 Å². The normalized spacial score (nSPS) is 47.3. The Labute approximate surface area is 105 Å². The molecule has 0 spiro atoms. The molecule has 4 atom stereocenters. The van der Waals surface area contributed by atoms with Crippen molar-refractivity contribution in [3.63, 3.8) is 0 Å². The highest BCUT2D eigenvalue weighted by Gasteiger charge is 2.40. The minimum atomic E-state index is -0.399. The molecule has 0 amide bonds. The van der Waals surface area contributed by atoms with Crippen molar-refractivity contribution in [2.45, 2.75) is 57.5 Å². The van der Waals surface area contributed by atoms with E-state index in [0.29, 0.717) is 0 Å². The summed E-state index contributed by atoms with van der Waals surface area (Å²) in [6, 6.07) is 0. The number of nitrogens with zero attached hydrogens (tertiary/aromatic N) is 1. The van der Waals surface area contributed by atoms with Crippen LogP contribution in [0.5, 0.6) is 0 Å². The van der Waals surface area contributed by atoms with E-state index in [9.17, 15) is 5.11 Å². The topological polar surface area (TPSA) is 23.5 Å². The minimum absolute atomic E-state index is 0.399. The second-order valence-corrected chi connectivity index (χ2v) is 7.09. The first-order valence-electron chi connectivity index (χ1n) is 7.57. The minimum Gasteiger partial charge on any atom is -0.390 e. The van der Waals surface area contributed by atoms with Crippen LogP contribution >= 0.6 is 0 Å². The largest absolute Gasteiger partial charge is 0.390 e. The van der Waals surface area contributed by atoms with Crippen molar-refractivity contribution in [2.24, 2.45) is 17.8 Å². The van der Waals surface area contributed by atoms with Crippen LogP contribution in [0.3, 0.4) is 0 Å².